The van der Waals surface area contributed by atoms with Crippen molar-refractivity contribution in [3.05, 3.63) is 0 Å². The molecule has 0 aliphatic carbocycles. The molecule has 1 nitrogen and oxygen atoms in total. The number of piperidine rings is 1. The summed E-state index contributed by atoms with van der Waals surface area (Å²) in [6.07, 6.45) is 1.41. The summed E-state index contributed by atoms with van der Waals surface area (Å²) >= 11 is 0. The second-order valence-corrected chi connectivity index (χ2v) is 4.15. The predicted molar refractivity (Wildman–Crippen MR) is 43.4 cm³/mol. The number of halogens is 3. The molecule has 12 heavy (non-hydrogen) atoms. The van der Waals surface area contributed by atoms with Crippen LogP contribution in [0, 0.1) is 5.92 Å². The number of hydrogen-bond acceptors (Lipinski definition) is 0. The van der Waals surface area contributed by atoms with Crippen LogP contribution in [0.4, 0.5) is 12.9 Å². The molecule has 1 heterocycles. The summed E-state index contributed by atoms with van der Waals surface area (Å²) in [5.41, 5.74) is 0. The maximum Gasteiger partial charge on any atom is 0.732 e. The summed E-state index contributed by atoms with van der Waals surface area (Å²) in [5, 5.41) is 0. The quantitative estimate of drug-likeness (QED) is 0.544. The molecule has 72 valence electrons. The van der Waals surface area contributed by atoms with E-state index >= 15 is 0 Å². The van der Waals surface area contributed by atoms with Crippen LogP contribution in [0.25, 0.3) is 0 Å². The number of quaternary nitrogens is 1. The molecule has 0 aromatic heterocycles. The summed E-state index contributed by atoms with van der Waals surface area (Å²) in [5.74, 6) is 0.467. The molecule has 5 heteroatoms. The molecule has 0 saturated carbocycles. The molecule has 0 N–H and O–H groups in total. The van der Waals surface area contributed by atoms with E-state index in [1.54, 1.807) is 0 Å². The zero-order valence-electron chi connectivity index (χ0n) is 7.56. The molecule has 1 aliphatic rings. The average molecular weight is 181 g/mol. The van der Waals surface area contributed by atoms with Crippen molar-refractivity contribution < 1.29 is 17.3 Å². The van der Waals surface area contributed by atoms with Crippen molar-refractivity contribution in [1.29, 1.82) is 0 Å². The van der Waals surface area contributed by atoms with E-state index in [2.05, 4.69) is 0 Å². The van der Waals surface area contributed by atoms with E-state index in [-0.39, 0.29) is 13.1 Å². The van der Waals surface area contributed by atoms with Gasteiger partial charge in [0.25, 0.3) is 0 Å². The molecular formula is C7H15BF3N. The lowest BCUT2D eigenvalue weighted by atomic mass is 9.89. The topological polar surface area (TPSA) is 0 Å². The Morgan fingerprint density at radius 2 is 1.58 bits per heavy atom. The first-order valence-electron chi connectivity index (χ1n) is 4.39. The Morgan fingerprint density at radius 1 is 1.17 bits per heavy atom. The molecular weight excluding hydrogens is 166 g/mol. The van der Waals surface area contributed by atoms with E-state index in [1.807, 2.05) is 6.92 Å². The fraction of sp³-hybridized carbons (Fsp3) is 1.00. The third-order valence-corrected chi connectivity index (χ3v) is 2.97. The van der Waals surface area contributed by atoms with Gasteiger partial charge < -0.3 is 17.3 Å². The van der Waals surface area contributed by atoms with Crippen LogP contribution in [-0.4, -0.2) is 31.6 Å². The number of rotatable bonds is 1. The van der Waals surface area contributed by atoms with Gasteiger partial charge in [-0.25, -0.2) is 0 Å². The maximum absolute atomic E-state index is 12.5. The van der Waals surface area contributed by atoms with Gasteiger partial charge in [-0.15, -0.1) is 0 Å². The van der Waals surface area contributed by atoms with Gasteiger partial charge in [0, 0.05) is 20.1 Å². The molecule has 0 spiro atoms. The normalized spacial score (nSPS) is 38.2. The third kappa shape index (κ3) is 1.76. The molecule has 0 atom stereocenters. The van der Waals surface area contributed by atoms with Gasteiger partial charge in [0.1, 0.15) is 0 Å². The minimum Gasteiger partial charge on any atom is -0.425 e. The van der Waals surface area contributed by atoms with Gasteiger partial charge in [0.2, 0.25) is 0 Å². The fourth-order valence-corrected chi connectivity index (χ4v) is 1.58. The lowest BCUT2D eigenvalue weighted by molar-refractivity contribution is -0.837. The summed E-state index contributed by atoms with van der Waals surface area (Å²) < 4.78 is 36.8. The van der Waals surface area contributed by atoms with Crippen molar-refractivity contribution in [3.8, 4) is 0 Å². The van der Waals surface area contributed by atoms with Gasteiger partial charge in [-0.1, -0.05) is 6.92 Å². The first kappa shape index (κ1) is 9.90. The molecule has 0 unspecified atom stereocenters. The van der Waals surface area contributed by atoms with E-state index in [4.69, 9.17) is 0 Å². The van der Waals surface area contributed by atoms with Crippen LogP contribution in [0.3, 0.4) is 0 Å². The third-order valence-electron chi connectivity index (χ3n) is 2.97. The fourth-order valence-electron chi connectivity index (χ4n) is 1.58. The SMILES string of the molecule is CC1CC[N+](C)([B-](F)(F)F)CC1. The van der Waals surface area contributed by atoms with Crippen molar-refractivity contribution in [3.63, 3.8) is 0 Å². The van der Waals surface area contributed by atoms with Crippen LogP contribution in [0.1, 0.15) is 19.8 Å². The van der Waals surface area contributed by atoms with E-state index in [0.29, 0.717) is 18.8 Å². The summed E-state index contributed by atoms with van der Waals surface area (Å²) in [7, 11) is -3.39. The maximum atomic E-state index is 12.5. The second-order valence-electron chi connectivity index (χ2n) is 4.15. The molecule has 0 aromatic rings. The first-order valence-corrected chi connectivity index (χ1v) is 4.39. The van der Waals surface area contributed by atoms with E-state index < -0.39 is 11.5 Å². The van der Waals surface area contributed by atoms with Crippen molar-refractivity contribution in [2.75, 3.05) is 20.1 Å². The summed E-state index contributed by atoms with van der Waals surface area (Å²) in [6, 6.07) is 0. The lowest BCUT2D eigenvalue weighted by Crippen LogP contribution is -2.62. The minimum absolute atomic E-state index is 0.269. The molecule has 0 radical (unpaired) electrons. The molecule has 1 saturated heterocycles. The summed E-state index contributed by atoms with van der Waals surface area (Å²) in [4.78, 5) is 0. The highest BCUT2D eigenvalue weighted by molar-refractivity contribution is 6.50. The highest BCUT2D eigenvalue weighted by atomic mass is 19.4. The standard InChI is InChI=1S/C7H15BF3N/c1-7-3-5-12(2,6-4-7)8(9,10)11/h7H,3-6H2,1-2H3. The Morgan fingerprint density at radius 3 is 1.92 bits per heavy atom. The van der Waals surface area contributed by atoms with Gasteiger partial charge >= 0.3 is 7.11 Å². The number of nitrogens with zero attached hydrogens (tertiary/aromatic N) is 1. The molecule has 0 amide bonds. The Balaban J connectivity index is 2.62. The van der Waals surface area contributed by atoms with E-state index in [0.717, 1.165) is 0 Å². The predicted octanol–water partition coefficient (Wildman–Crippen LogP) is 2.21. The Kier molecular flexibility index (Phi) is 2.43. The van der Waals surface area contributed by atoms with Crippen molar-refractivity contribution >= 4 is 7.11 Å². The van der Waals surface area contributed by atoms with Crippen molar-refractivity contribution in [1.82, 2.24) is 0 Å². The van der Waals surface area contributed by atoms with Crippen LogP contribution in [0.2, 0.25) is 0 Å². The zero-order chi connectivity index (χ0) is 9.41. The van der Waals surface area contributed by atoms with Crippen molar-refractivity contribution in [2.24, 2.45) is 5.92 Å². The monoisotopic (exact) mass is 181 g/mol. The average Bonchev–Trinajstić information content (AvgIpc) is 1.93. The molecule has 1 aliphatic heterocycles. The van der Waals surface area contributed by atoms with Crippen LogP contribution in [-0.2, 0) is 0 Å². The molecule has 1 fully saturated rings. The van der Waals surface area contributed by atoms with Gasteiger partial charge in [0.05, 0.1) is 0 Å². The second kappa shape index (κ2) is 2.94. The smallest absolute Gasteiger partial charge is 0.425 e. The highest BCUT2D eigenvalue weighted by Crippen LogP contribution is 2.30. The minimum atomic E-state index is -4.70. The molecule has 0 aromatic carbocycles. The lowest BCUT2D eigenvalue weighted by Gasteiger charge is -2.47. The van der Waals surface area contributed by atoms with Crippen LogP contribution in [0.15, 0.2) is 0 Å². The van der Waals surface area contributed by atoms with Crippen LogP contribution in [0.5, 0.6) is 0 Å². The van der Waals surface area contributed by atoms with Gasteiger partial charge in [-0.05, 0) is 18.8 Å². The number of likely N-dealkylation sites (tertiary alicyclic amines) is 1. The molecule has 0 bridgehead atoms. The van der Waals surface area contributed by atoms with Gasteiger partial charge in [-0.2, -0.15) is 0 Å². The van der Waals surface area contributed by atoms with E-state index in [9.17, 15) is 12.9 Å². The van der Waals surface area contributed by atoms with Gasteiger partial charge in [-0.3, -0.25) is 0 Å². The largest absolute Gasteiger partial charge is 0.732 e. The Bertz CT molecular complexity index is 161. The Labute approximate surface area is 71.2 Å². The Hall–Kier alpha value is -0.185. The van der Waals surface area contributed by atoms with Crippen molar-refractivity contribution in [2.45, 2.75) is 19.8 Å². The number of hydrogen-bond donors (Lipinski definition) is 0. The van der Waals surface area contributed by atoms with Crippen LogP contribution >= 0.6 is 0 Å². The van der Waals surface area contributed by atoms with Gasteiger partial charge in [0.15, 0.2) is 0 Å². The zero-order valence-corrected chi connectivity index (χ0v) is 7.56. The van der Waals surface area contributed by atoms with Crippen LogP contribution < -0.4 is 0 Å². The molecule has 1 rings (SSSR count). The summed E-state index contributed by atoms with van der Waals surface area (Å²) in [6.45, 7) is 2.56. The first-order chi connectivity index (χ1) is 5.35. The highest BCUT2D eigenvalue weighted by Gasteiger charge is 2.50. The van der Waals surface area contributed by atoms with E-state index in [1.165, 1.54) is 7.05 Å².